The molecule has 0 N–H and O–H groups in total. The van der Waals surface area contributed by atoms with Gasteiger partial charge in [0.05, 0.1) is 10.9 Å². The van der Waals surface area contributed by atoms with Crippen LogP contribution >= 0.6 is 22.9 Å². The number of benzene rings is 1. The Hall–Kier alpha value is -1.45. The van der Waals surface area contributed by atoms with Gasteiger partial charge in [-0.25, -0.2) is 8.42 Å². The van der Waals surface area contributed by atoms with Gasteiger partial charge in [0.15, 0.2) is 0 Å². The standard InChI is InChI=1S/C19H22ClN3O3S2/c20-17-7-8-19(27-17)28(25,26)22-12-10-21(11-13-22)14-18(24)23-9-3-5-15-4-1-2-6-16(15)23/h1-2,4,6-8H,3,5,9-14H2. The molecule has 28 heavy (non-hydrogen) atoms. The summed E-state index contributed by atoms with van der Waals surface area (Å²) in [6.45, 7) is 2.89. The Labute approximate surface area is 174 Å². The number of anilines is 1. The van der Waals surface area contributed by atoms with Crippen LogP contribution in [-0.2, 0) is 21.2 Å². The average Bonchev–Trinajstić information content (AvgIpc) is 3.15. The van der Waals surface area contributed by atoms with Crippen molar-refractivity contribution in [3.63, 3.8) is 0 Å². The molecule has 4 rings (SSSR count). The zero-order chi connectivity index (χ0) is 19.7. The van der Waals surface area contributed by atoms with Gasteiger partial charge in [-0.3, -0.25) is 9.69 Å². The van der Waals surface area contributed by atoms with Gasteiger partial charge in [-0.05, 0) is 36.6 Å². The molecule has 0 bridgehead atoms. The first-order valence-electron chi connectivity index (χ1n) is 9.31. The number of hydrogen-bond donors (Lipinski definition) is 0. The third kappa shape index (κ3) is 3.97. The number of rotatable bonds is 4. The fourth-order valence-corrected chi connectivity index (χ4v) is 6.82. The predicted molar refractivity (Wildman–Crippen MR) is 112 cm³/mol. The van der Waals surface area contributed by atoms with E-state index < -0.39 is 10.0 Å². The van der Waals surface area contributed by atoms with Crippen molar-refractivity contribution in [1.29, 1.82) is 0 Å². The summed E-state index contributed by atoms with van der Waals surface area (Å²) in [6, 6.07) is 11.2. The smallest absolute Gasteiger partial charge is 0.252 e. The third-order valence-electron chi connectivity index (χ3n) is 5.24. The highest BCUT2D eigenvalue weighted by molar-refractivity contribution is 7.91. The highest BCUT2D eigenvalue weighted by atomic mass is 35.5. The minimum Gasteiger partial charge on any atom is -0.311 e. The second kappa shape index (κ2) is 8.12. The molecule has 0 aliphatic carbocycles. The molecule has 2 aliphatic heterocycles. The summed E-state index contributed by atoms with van der Waals surface area (Å²) < 4.78 is 27.6. The van der Waals surface area contributed by atoms with E-state index >= 15 is 0 Å². The van der Waals surface area contributed by atoms with Gasteiger partial charge in [0.1, 0.15) is 4.21 Å². The molecule has 1 aromatic carbocycles. The highest BCUT2D eigenvalue weighted by Crippen LogP contribution is 2.29. The van der Waals surface area contributed by atoms with E-state index in [9.17, 15) is 13.2 Å². The van der Waals surface area contributed by atoms with E-state index in [2.05, 4.69) is 6.07 Å². The van der Waals surface area contributed by atoms with Gasteiger partial charge in [-0.1, -0.05) is 29.8 Å². The van der Waals surface area contributed by atoms with Crippen molar-refractivity contribution in [3.8, 4) is 0 Å². The first-order valence-corrected chi connectivity index (χ1v) is 11.9. The largest absolute Gasteiger partial charge is 0.311 e. The number of halogens is 1. The summed E-state index contributed by atoms with van der Waals surface area (Å²) >= 11 is 6.95. The summed E-state index contributed by atoms with van der Waals surface area (Å²) in [5.74, 6) is 0.0773. The lowest BCUT2D eigenvalue weighted by Crippen LogP contribution is -2.51. The van der Waals surface area contributed by atoms with E-state index in [-0.39, 0.29) is 10.1 Å². The molecule has 3 heterocycles. The first-order chi connectivity index (χ1) is 13.4. The number of para-hydroxylation sites is 1. The maximum absolute atomic E-state index is 12.9. The van der Waals surface area contributed by atoms with Crippen molar-refractivity contribution in [2.45, 2.75) is 17.1 Å². The number of aryl methyl sites for hydroxylation is 1. The van der Waals surface area contributed by atoms with Gasteiger partial charge in [-0.2, -0.15) is 4.31 Å². The summed E-state index contributed by atoms with van der Waals surface area (Å²) in [6.07, 6.45) is 1.97. The molecular formula is C19H22ClN3O3S2. The van der Waals surface area contributed by atoms with Crippen LogP contribution in [0.4, 0.5) is 5.69 Å². The van der Waals surface area contributed by atoms with Crippen LogP contribution in [0.1, 0.15) is 12.0 Å². The maximum atomic E-state index is 12.9. The first kappa shape index (κ1) is 19.8. The zero-order valence-electron chi connectivity index (χ0n) is 15.4. The summed E-state index contributed by atoms with van der Waals surface area (Å²) in [5.41, 5.74) is 2.22. The van der Waals surface area contributed by atoms with Crippen molar-refractivity contribution in [1.82, 2.24) is 9.21 Å². The Kier molecular flexibility index (Phi) is 5.76. The fourth-order valence-electron chi connectivity index (χ4n) is 3.76. The molecule has 1 amide bonds. The average molecular weight is 440 g/mol. The third-order valence-corrected chi connectivity index (χ3v) is 8.84. The predicted octanol–water partition coefficient (Wildman–Crippen LogP) is 2.69. The molecule has 6 nitrogen and oxygen atoms in total. The van der Waals surface area contributed by atoms with E-state index in [4.69, 9.17) is 11.6 Å². The number of carbonyl (C=O) groups excluding carboxylic acids is 1. The molecule has 0 saturated carbocycles. The van der Waals surface area contributed by atoms with Crippen LogP contribution < -0.4 is 4.90 Å². The molecule has 0 spiro atoms. The van der Waals surface area contributed by atoms with Gasteiger partial charge >= 0.3 is 0 Å². The van der Waals surface area contributed by atoms with Crippen LogP contribution in [0.25, 0.3) is 0 Å². The number of fused-ring (bicyclic) bond motifs is 1. The van der Waals surface area contributed by atoms with E-state index in [0.717, 1.165) is 36.4 Å². The van der Waals surface area contributed by atoms with E-state index in [1.165, 1.54) is 9.87 Å². The van der Waals surface area contributed by atoms with Gasteiger partial charge in [0.25, 0.3) is 10.0 Å². The number of amides is 1. The Morgan fingerprint density at radius 1 is 1.04 bits per heavy atom. The maximum Gasteiger partial charge on any atom is 0.252 e. The molecule has 2 aliphatic rings. The lowest BCUT2D eigenvalue weighted by atomic mass is 10.0. The molecular weight excluding hydrogens is 418 g/mol. The number of carbonyl (C=O) groups is 1. The molecule has 0 unspecified atom stereocenters. The Morgan fingerprint density at radius 3 is 2.50 bits per heavy atom. The van der Waals surface area contributed by atoms with E-state index in [1.807, 2.05) is 28.0 Å². The molecule has 0 atom stereocenters. The SMILES string of the molecule is O=C(CN1CCN(S(=O)(=O)c2ccc(Cl)s2)CC1)N1CCCc2ccccc21. The second-order valence-corrected chi connectivity index (χ2v) is 10.9. The van der Waals surface area contributed by atoms with Crippen molar-refractivity contribution in [2.24, 2.45) is 0 Å². The fraction of sp³-hybridized carbons (Fsp3) is 0.421. The topological polar surface area (TPSA) is 60.9 Å². The number of hydrogen-bond acceptors (Lipinski definition) is 5. The van der Waals surface area contributed by atoms with Gasteiger partial charge < -0.3 is 4.90 Å². The van der Waals surface area contributed by atoms with Crippen molar-refractivity contribution >= 4 is 44.6 Å². The van der Waals surface area contributed by atoms with Crippen LogP contribution in [-0.4, -0.2) is 62.8 Å². The number of nitrogens with zero attached hydrogens (tertiary/aromatic N) is 3. The van der Waals surface area contributed by atoms with Crippen LogP contribution in [0.3, 0.4) is 0 Å². The van der Waals surface area contributed by atoms with Crippen LogP contribution in [0.5, 0.6) is 0 Å². The summed E-state index contributed by atoms with van der Waals surface area (Å²) in [4.78, 5) is 16.8. The summed E-state index contributed by atoms with van der Waals surface area (Å²) in [7, 11) is -3.51. The van der Waals surface area contributed by atoms with Crippen molar-refractivity contribution in [2.75, 3.05) is 44.2 Å². The Morgan fingerprint density at radius 2 is 1.79 bits per heavy atom. The minimum absolute atomic E-state index is 0.0773. The lowest BCUT2D eigenvalue weighted by molar-refractivity contribution is -0.120. The molecule has 150 valence electrons. The molecule has 2 aromatic rings. The number of thiophene rings is 1. The van der Waals surface area contributed by atoms with E-state index in [0.29, 0.717) is 37.1 Å². The van der Waals surface area contributed by atoms with Gasteiger partial charge in [-0.15, -0.1) is 11.3 Å². The van der Waals surface area contributed by atoms with Crippen LogP contribution in [0, 0.1) is 0 Å². The monoisotopic (exact) mass is 439 g/mol. The second-order valence-electron chi connectivity index (χ2n) is 7.02. The zero-order valence-corrected chi connectivity index (χ0v) is 17.8. The summed E-state index contributed by atoms with van der Waals surface area (Å²) in [5, 5.41) is 0. The molecule has 1 aromatic heterocycles. The van der Waals surface area contributed by atoms with Crippen LogP contribution in [0.2, 0.25) is 4.34 Å². The van der Waals surface area contributed by atoms with Crippen molar-refractivity contribution in [3.05, 3.63) is 46.3 Å². The van der Waals surface area contributed by atoms with Crippen molar-refractivity contribution < 1.29 is 13.2 Å². The molecule has 0 radical (unpaired) electrons. The number of sulfonamides is 1. The Balaban J connectivity index is 1.37. The van der Waals surface area contributed by atoms with Gasteiger partial charge in [0.2, 0.25) is 5.91 Å². The molecule has 1 saturated heterocycles. The van der Waals surface area contributed by atoms with Crippen LogP contribution in [0.15, 0.2) is 40.6 Å². The molecule has 1 fully saturated rings. The lowest BCUT2D eigenvalue weighted by Gasteiger charge is -2.35. The minimum atomic E-state index is -3.51. The Bertz CT molecular complexity index is 968. The number of piperazine rings is 1. The van der Waals surface area contributed by atoms with Gasteiger partial charge in [0, 0.05) is 38.4 Å². The quantitative estimate of drug-likeness (QED) is 0.734. The van der Waals surface area contributed by atoms with E-state index in [1.54, 1.807) is 12.1 Å². The normalized spacial score (nSPS) is 18.8. The highest BCUT2D eigenvalue weighted by Gasteiger charge is 2.31. The molecule has 9 heteroatoms.